The summed E-state index contributed by atoms with van der Waals surface area (Å²) in [5.74, 6) is -0.640. The molecule has 4 unspecified atom stereocenters. The van der Waals surface area contributed by atoms with Crippen LogP contribution in [0, 0.1) is 5.92 Å². The molecule has 0 radical (unpaired) electrons. The quantitative estimate of drug-likeness (QED) is 0.0548. The van der Waals surface area contributed by atoms with Crippen molar-refractivity contribution in [3.8, 4) is 0 Å². The first-order valence-corrected chi connectivity index (χ1v) is 17.1. The summed E-state index contributed by atoms with van der Waals surface area (Å²) in [6.07, 6.45) is -3.14. The van der Waals surface area contributed by atoms with Gasteiger partial charge in [0.2, 0.25) is 11.8 Å². The number of nitrogens with one attached hydrogen (secondary N) is 2. The first-order chi connectivity index (χ1) is 17.1. The van der Waals surface area contributed by atoms with Gasteiger partial charge >= 0.3 is 6.72 Å². The van der Waals surface area contributed by atoms with Crippen molar-refractivity contribution in [3.05, 3.63) is 0 Å². The number of carbonyl (C=O) groups is 2. The Balaban J connectivity index is 2.28. The summed E-state index contributed by atoms with van der Waals surface area (Å²) in [4.78, 5) is 51.6. The van der Waals surface area contributed by atoms with Gasteiger partial charge in [0, 0.05) is 32.7 Å². The lowest BCUT2D eigenvalue weighted by Gasteiger charge is -2.42. The molecule has 1 rings (SSSR count). The van der Waals surface area contributed by atoms with Crippen LogP contribution in [0.15, 0.2) is 0 Å². The number of unbranched alkanes of at least 4 members (excludes halogenated alkanes) is 1. The molecule has 37 heavy (non-hydrogen) atoms. The van der Waals surface area contributed by atoms with Crippen molar-refractivity contribution in [2.24, 2.45) is 5.92 Å². The third-order valence-corrected chi connectivity index (χ3v) is 8.31. The Bertz CT molecular complexity index is 820. The Kier molecular flexibility index (Phi) is 15.9. The maximum Gasteiger partial charge on any atom is 0.324 e. The van der Waals surface area contributed by atoms with Crippen LogP contribution in [-0.2, 0) is 51.7 Å². The Labute approximate surface area is 226 Å². The Hall–Kier alpha value is -0.160. The van der Waals surface area contributed by atoms with Gasteiger partial charge in [-0.2, -0.15) is 0 Å². The van der Waals surface area contributed by atoms with E-state index in [0.717, 1.165) is 0 Å². The highest BCUT2D eigenvalue weighted by Crippen LogP contribution is 2.45. The first kappa shape index (κ1) is 34.9. The van der Waals surface area contributed by atoms with Crippen LogP contribution < -0.4 is 10.6 Å². The van der Waals surface area contributed by atoms with Crippen molar-refractivity contribution >= 4 is 48.6 Å². The van der Waals surface area contributed by atoms with Gasteiger partial charge in [-0.1, -0.05) is 6.92 Å². The van der Waals surface area contributed by atoms with Crippen LogP contribution >= 0.6 is 13.2 Å². The molecule has 1 heterocycles. The van der Waals surface area contributed by atoms with Gasteiger partial charge in [-0.15, -0.1) is 0 Å². The van der Waals surface area contributed by atoms with E-state index in [2.05, 4.69) is 27.0 Å². The predicted molar refractivity (Wildman–Crippen MR) is 139 cm³/mol. The van der Waals surface area contributed by atoms with E-state index in [1.807, 2.05) is 6.92 Å². The van der Waals surface area contributed by atoms with E-state index < -0.39 is 63.2 Å². The summed E-state index contributed by atoms with van der Waals surface area (Å²) in [7, 11) is 0. The largest absolute Gasteiger partial charge is 0.394 e. The molecule has 14 nitrogen and oxygen atoms in total. The number of rotatable bonds is 17. The van der Waals surface area contributed by atoms with E-state index in [1.54, 1.807) is 0 Å². The molecule has 2 amide bonds. The molecule has 0 aromatic carbocycles. The molecule has 218 valence electrons. The molecule has 8 N–H and O–H groups in total. The van der Waals surface area contributed by atoms with Gasteiger partial charge in [0.25, 0.3) is 0 Å². The average Bonchev–Trinajstić information content (AvgIpc) is 2.79. The number of aliphatic hydroxyl groups excluding tert-OH is 3. The van der Waals surface area contributed by atoms with E-state index in [-0.39, 0.29) is 31.0 Å². The highest BCUT2D eigenvalue weighted by atomic mass is 32.5. The summed E-state index contributed by atoms with van der Waals surface area (Å²) in [6.45, 7) is -4.61. The molecule has 7 atom stereocenters. The van der Waals surface area contributed by atoms with Crippen LogP contribution in [0.5, 0.6) is 0 Å². The van der Waals surface area contributed by atoms with Gasteiger partial charge in [-0.25, -0.2) is 0 Å². The van der Waals surface area contributed by atoms with Gasteiger partial charge in [0.1, 0.15) is 24.4 Å². The van der Waals surface area contributed by atoms with Crippen LogP contribution in [0.2, 0.25) is 0 Å². The lowest BCUT2D eigenvalue weighted by molar-refractivity contribution is -0.270. The highest BCUT2D eigenvalue weighted by Gasteiger charge is 2.45. The maximum atomic E-state index is 12.1. The normalized spacial score (nSPS) is 26.8. The molecule has 1 fully saturated rings. The molecular formula is C19H38N2O12P2S2. The van der Waals surface area contributed by atoms with Gasteiger partial charge < -0.3 is 54.6 Å². The van der Waals surface area contributed by atoms with E-state index in [1.165, 1.54) is 6.92 Å². The summed E-state index contributed by atoms with van der Waals surface area (Å²) in [5.41, 5.74) is 0. The Morgan fingerprint density at radius 2 is 1.78 bits per heavy atom. The van der Waals surface area contributed by atoms with Crippen molar-refractivity contribution < 1.29 is 58.1 Å². The van der Waals surface area contributed by atoms with Crippen LogP contribution in [0.1, 0.15) is 39.5 Å². The maximum absolute atomic E-state index is 12.1. The molecule has 0 spiro atoms. The minimum atomic E-state index is -3.89. The summed E-state index contributed by atoms with van der Waals surface area (Å²) in [5, 5.41) is 34.8. The Morgan fingerprint density at radius 1 is 1.11 bits per heavy atom. The van der Waals surface area contributed by atoms with Crippen molar-refractivity contribution in [1.29, 1.82) is 0 Å². The van der Waals surface area contributed by atoms with Crippen LogP contribution in [0.25, 0.3) is 0 Å². The first-order valence-electron chi connectivity index (χ1n) is 11.6. The fourth-order valence-electron chi connectivity index (χ4n) is 3.30. The molecule has 1 aliphatic rings. The van der Waals surface area contributed by atoms with Gasteiger partial charge in [0.05, 0.1) is 6.61 Å². The van der Waals surface area contributed by atoms with E-state index in [4.69, 9.17) is 35.6 Å². The molecule has 0 aromatic rings. The van der Waals surface area contributed by atoms with Crippen LogP contribution in [0.4, 0.5) is 0 Å². The number of aliphatic hydroxyl groups is 3. The van der Waals surface area contributed by atoms with Gasteiger partial charge in [0.15, 0.2) is 19.6 Å². The molecular weight excluding hydrogens is 574 g/mol. The second-order valence-corrected chi connectivity index (χ2v) is 15.0. The zero-order valence-electron chi connectivity index (χ0n) is 20.7. The van der Waals surface area contributed by atoms with Gasteiger partial charge in [-0.3, -0.25) is 14.1 Å². The molecule has 0 aromatic heterocycles. The topological polar surface area (TPSA) is 216 Å². The van der Waals surface area contributed by atoms with Crippen LogP contribution in [0.3, 0.4) is 0 Å². The van der Waals surface area contributed by atoms with E-state index in [0.29, 0.717) is 25.8 Å². The van der Waals surface area contributed by atoms with Crippen molar-refractivity contribution in [1.82, 2.24) is 10.6 Å². The molecule has 0 aliphatic carbocycles. The highest BCUT2D eigenvalue weighted by molar-refractivity contribution is 8.09. The summed E-state index contributed by atoms with van der Waals surface area (Å²) in [6, 6.07) is -1.02. The molecule has 1 aliphatic heterocycles. The predicted octanol–water partition coefficient (Wildman–Crippen LogP) is -1.24. The van der Waals surface area contributed by atoms with Crippen molar-refractivity contribution in [2.45, 2.75) is 70.2 Å². The minimum Gasteiger partial charge on any atom is -0.394 e. The molecule has 0 bridgehead atoms. The average molecular weight is 613 g/mol. The number of carbonyl (C=O) groups excluding carboxylic acids is 2. The number of hydrogen-bond donors (Lipinski definition) is 8. The van der Waals surface area contributed by atoms with E-state index in [9.17, 15) is 29.8 Å². The number of amides is 2. The van der Waals surface area contributed by atoms with Crippen LogP contribution in [-0.4, -0.2) is 105 Å². The third-order valence-electron chi connectivity index (χ3n) is 5.36. The lowest BCUT2D eigenvalue weighted by Crippen LogP contribution is -2.64. The van der Waals surface area contributed by atoms with Gasteiger partial charge in [-0.05, 0) is 48.8 Å². The van der Waals surface area contributed by atoms with Crippen molar-refractivity contribution in [2.75, 3.05) is 32.7 Å². The second kappa shape index (κ2) is 16.8. The lowest BCUT2D eigenvalue weighted by atomic mass is 9.97. The fourth-order valence-corrected chi connectivity index (χ4v) is 5.26. The van der Waals surface area contributed by atoms with Crippen molar-refractivity contribution in [3.63, 3.8) is 0 Å². The minimum absolute atomic E-state index is 0.0112. The van der Waals surface area contributed by atoms with E-state index >= 15 is 0 Å². The summed E-state index contributed by atoms with van der Waals surface area (Å²) >= 11 is 9.25. The molecule has 0 saturated carbocycles. The number of ether oxygens (including phenoxy) is 2. The Morgan fingerprint density at radius 3 is 2.38 bits per heavy atom. The second-order valence-electron chi connectivity index (χ2n) is 8.69. The standard InChI is InChI=1S/C19H38N2O12P2S2/c1-12(6-8-34(27,36)31-11-32-35(28,29)37)9-20-15(24)5-3-4-7-30-19-16(21-13(2)23)18(26)17(25)14(10-22)33-19/h12,14,16-19,22,25-26H,3-11H2,1-2H3,(H,20,24)(H,21,23)(H,27,36)(H2,28,29,37)/t12?,14?,16?,17-,18+,19+,34?/m0/s1. The SMILES string of the molecule is CC(=O)NC1[C@H](OCCCCC(=O)NCC(C)CCP(O)(=S)OCOP(O)(O)=S)OC(CO)[C@H](O)[C@@H]1O. The zero-order valence-corrected chi connectivity index (χ0v) is 24.1. The molecule has 1 saturated heterocycles. The monoisotopic (exact) mass is 612 g/mol. The summed E-state index contributed by atoms with van der Waals surface area (Å²) < 4.78 is 20.5. The third kappa shape index (κ3) is 14.7. The fraction of sp³-hybridized carbons (Fsp3) is 0.895. The molecule has 18 heteroatoms. The smallest absolute Gasteiger partial charge is 0.324 e. The number of hydrogen-bond acceptors (Lipinski definition) is 11. The zero-order chi connectivity index (χ0) is 28.2.